The van der Waals surface area contributed by atoms with Crippen molar-refractivity contribution in [2.24, 2.45) is 0 Å². The van der Waals surface area contributed by atoms with E-state index in [1.54, 1.807) is 12.1 Å². The van der Waals surface area contributed by atoms with Gasteiger partial charge in [0.05, 0.1) is 12.2 Å². The van der Waals surface area contributed by atoms with Crippen LogP contribution in [0.2, 0.25) is 0 Å². The molecule has 0 saturated carbocycles. The fourth-order valence-electron chi connectivity index (χ4n) is 2.42. The van der Waals surface area contributed by atoms with Crippen molar-refractivity contribution in [3.8, 4) is 11.5 Å². The molecule has 0 spiro atoms. The molecule has 146 valence electrons. The Morgan fingerprint density at radius 1 is 0.963 bits per heavy atom. The van der Waals surface area contributed by atoms with E-state index >= 15 is 0 Å². The number of benzene rings is 1. The summed E-state index contributed by atoms with van der Waals surface area (Å²) >= 11 is 0. The summed E-state index contributed by atoms with van der Waals surface area (Å²) in [6, 6.07) is 6.52. The second-order valence-corrected chi connectivity index (χ2v) is 6.08. The zero-order chi connectivity index (χ0) is 19.6. The predicted molar refractivity (Wildman–Crippen MR) is 94.4 cm³/mol. The Balaban J connectivity index is 1.82. The van der Waals surface area contributed by atoms with Gasteiger partial charge in [-0.1, -0.05) is 39.0 Å². The molecule has 1 heterocycles. The van der Waals surface area contributed by atoms with Gasteiger partial charge in [-0.2, -0.15) is 13.8 Å². The number of carbonyl (C=O) groups is 1. The van der Waals surface area contributed by atoms with Crippen LogP contribution in [0.4, 0.5) is 13.2 Å². The SMILES string of the molecule is CCCCCCCCOc1ccc(C(=O)Oc2cc(F)c(F)nc2F)cc1. The fourth-order valence-corrected chi connectivity index (χ4v) is 2.42. The van der Waals surface area contributed by atoms with Gasteiger partial charge in [-0.3, -0.25) is 0 Å². The smallest absolute Gasteiger partial charge is 0.343 e. The molecule has 0 aliphatic rings. The molecule has 0 unspecified atom stereocenters. The molecule has 27 heavy (non-hydrogen) atoms. The average molecular weight is 381 g/mol. The molecule has 1 aromatic carbocycles. The minimum Gasteiger partial charge on any atom is -0.494 e. The van der Waals surface area contributed by atoms with Crippen LogP contribution in [0.25, 0.3) is 0 Å². The summed E-state index contributed by atoms with van der Waals surface area (Å²) in [6.07, 6.45) is 6.96. The van der Waals surface area contributed by atoms with Gasteiger partial charge >= 0.3 is 5.97 Å². The Hall–Kier alpha value is -2.57. The molecule has 0 atom stereocenters. The molecular formula is C20H22F3NO3. The van der Waals surface area contributed by atoms with Gasteiger partial charge in [0, 0.05) is 6.07 Å². The lowest BCUT2D eigenvalue weighted by Crippen LogP contribution is -2.11. The van der Waals surface area contributed by atoms with Gasteiger partial charge in [0.25, 0.3) is 11.9 Å². The molecule has 1 aromatic heterocycles. The van der Waals surface area contributed by atoms with Crippen molar-refractivity contribution in [3.05, 3.63) is 53.6 Å². The lowest BCUT2D eigenvalue weighted by atomic mass is 10.1. The van der Waals surface area contributed by atoms with Crippen molar-refractivity contribution in [2.45, 2.75) is 45.4 Å². The summed E-state index contributed by atoms with van der Waals surface area (Å²) in [6.45, 7) is 2.76. The Morgan fingerprint density at radius 3 is 2.33 bits per heavy atom. The highest BCUT2D eigenvalue weighted by Crippen LogP contribution is 2.20. The second-order valence-electron chi connectivity index (χ2n) is 6.08. The van der Waals surface area contributed by atoms with E-state index in [2.05, 4.69) is 11.9 Å². The molecule has 0 saturated heterocycles. The Bertz CT molecular complexity index is 751. The number of aromatic nitrogens is 1. The number of halogens is 3. The van der Waals surface area contributed by atoms with E-state index in [0.717, 1.165) is 12.8 Å². The minimum absolute atomic E-state index is 0.117. The predicted octanol–water partition coefficient (Wildman–Crippen LogP) is 5.46. The number of unbranched alkanes of at least 4 members (excludes halogenated alkanes) is 5. The number of hydrogen-bond acceptors (Lipinski definition) is 4. The molecular weight excluding hydrogens is 359 g/mol. The number of pyridine rings is 1. The standard InChI is InChI=1S/C20H22F3NO3/c1-2-3-4-5-6-7-12-26-15-10-8-14(9-11-15)20(25)27-17-13-16(21)18(22)24-19(17)23/h8-11,13H,2-7,12H2,1H3. The van der Waals surface area contributed by atoms with E-state index < -0.39 is 29.4 Å². The number of hydrogen-bond donors (Lipinski definition) is 0. The monoisotopic (exact) mass is 381 g/mol. The highest BCUT2D eigenvalue weighted by Gasteiger charge is 2.17. The first kappa shape index (κ1) is 20.7. The van der Waals surface area contributed by atoms with Crippen molar-refractivity contribution < 1.29 is 27.4 Å². The van der Waals surface area contributed by atoms with Crippen molar-refractivity contribution in [1.82, 2.24) is 4.98 Å². The van der Waals surface area contributed by atoms with Crippen molar-refractivity contribution >= 4 is 5.97 Å². The van der Waals surface area contributed by atoms with Crippen LogP contribution < -0.4 is 9.47 Å². The van der Waals surface area contributed by atoms with E-state index in [9.17, 15) is 18.0 Å². The van der Waals surface area contributed by atoms with E-state index in [1.807, 2.05) is 0 Å². The maximum atomic E-state index is 13.4. The highest BCUT2D eigenvalue weighted by molar-refractivity contribution is 5.91. The summed E-state index contributed by atoms with van der Waals surface area (Å²) in [5, 5.41) is 0. The lowest BCUT2D eigenvalue weighted by Gasteiger charge is -2.08. The van der Waals surface area contributed by atoms with Crippen LogP contribution >= 0.6 is 0 Å². The third-order valence-electron chi connectivity index (χ3n) is 3.91. The molecule has 0 amide bonds. The minimum atomic E-state index is -1.60. The number of esters is 1. The zero-order valence-corrected chi connectivity index (χ0v) is 15.1. The zero-order valence-electron chi connectivity index (χ0n) is 15.1. The van der Waals surface area contributed by atoms with Gasteiger partial charge in [-0.25, -0.2) is 9.18 Å². The van der Waals surface area contributed by atoms with Crippen LogP contribution in [0, 0.1) is 17.7 Å². The molecule has 0 bridgehead atoms. The van der Waals surface area contributed by atoms with E-state index in [1.165, 1.54) is 37.8 Å². The van der Waals surface area contributed by atoms with Crippen LogP contribution in [-0.4, -0.2) is 17.6 Å². The number of carbonyl (C=O) groups excluding carboxylic acids is 1. The highest BCUT2D eigenvalue weighted by atomic mass is 19.2. The Kier molecular flexibility index (Phi) is 8.10. The first-order valence-corrected chi connectivity index (χ1v) is 8.98. The van der Waals surface area contributed by atoms with Gasteiger partial charge in [0.15, 0.2) is 11.6 Å². The number of rotatable bonds is 10. The Labute approximate surface area is 156 Å². The second kappa shape index (κ2) is 10.5. The summed E-state index contributed by atoms with van der Waals surface area (Å²) in [7, 11) is 0. The summed E-state index contributed by atoms with van der Waals surface area (Å²) in [5.41, 5.74) is 0.117. The van der Waals surface area contributed by atoms with Crippen molar-refractivity contribution in [1.29, 1.82) is 0 Å². The van der Waals surface area contributed by atoms with Gasteiger partial charge in [-0.05, 0) is 30.7 Å². The quantitative estimate of drug-likeness (QED) is 0.312. The van der Waals surface area contributed by atoms with E-state index in [-0.39, 0.29) is 5.56 Å². The summed E-state index contributed by atoms with van der Waals surface area (Å²) in [4.78, 5) is 14.7. The van der Waals surface area contributed by atoms with Gasteiger partial charge in [0.2, 0.25) is 0 Å². The summed E-state index contributed by atoms with van der Waals surface area (Å²) < 4.78 is 49.6. The Morgan fingerprint density at radius 2 is 1.63 bits per heavy atom. The lowest BCUT2D eigenvalue weighted by molar-refractivity contribution is 0.0724. The maximum Gasteiger partial charge on any atom is 0.343 e. The maximum absolute atomic E-state index is 13.4. The molecule has 0 N–H and O–H groups in total. The summed E-state index contributed by atoms with van der Waals surface area (Å²) in [5.74, 6) is -5.50. The molecule has 0 fully saturated rings. The van der Waals surface area contributed by atoms with Crippen molar-refractivity contribution in [3.63, 3.8) is 0 Å². The third-order valence-corrected chi connectivity index (χ3v) is 3.91. The number of ether oxygens (including phenoxy) is 2. The molecule has 2 aromatic rings. The topological polar surface area (TPSA) is 48.4 Å². The van der Waals surface area contributed by atoms with Crippen LogP contribution in [-0.2, 0) is 0 Å². The van der Waals surface area contributed by atoms with E-state index in [0.29, 0.717) is 18.4 Å². The van der Waals surface area contributed by atoms with Gasteiger partial charge in [-0.15, -0.1) is 0 Å². The van der Waals surface area contributed by atoms with Crippen LogP contribution in [0.15, 0.2) is 30.3 Å². The first-order valence-electron chi connectivity index (χ1n) is 8.98. The van der Waals surface area contributed by atoms with E-state index in [4.69, 9.17) is 9.47 Å². The molecule has 4 nitrogen and oxygen atoms in total. The largest absolute Gasteiger partial charge is 0.494 e. The average Bonchev–Trinajstić information content (AvgIpc) is 2.66. The molecule has 7 heteroatoms. The fraction of sp³-hybridized carbons (Fsp3) is 0.400. The third kappa shape index (κ3) is 6.58. The molecule has 0 radical (unpaired) electrons. The number of nitrogens with zero attached hydrogens (tertiary/aromatic N) is 1. The van der Waals surface area contributed by atoms with Crippen molar-refractivity contribution in [2.75, 3.05) is 6.61 Å². The van der Waals surface area contributed by atoms with Crippen LogP contribution in [0.5, 0.6) is 11.5 Å². The molecule has 2 rings (SSSR count). The van der Waals surface area contributed by atoms with Crippen LogP contribution in [0.1, 0.15) is 55.8 Å². The first-order chi connectivity index (χ1) is 13.0. The molecule has 0 aliphatic carbocycles. The van der Waals surface area contributed by atoms with Gasteiger partial charge < -0.3 is 9.47 Å². The molecule has 0 aliphatic heterocycles. The van der Waals surface area contributed by atoms with Crippen LogP contribution in [0.3, 0.4) is 0 Å². The van der Waals surface area contributed by atoms with Gasteiger partial charge in [0.1, 0.15) is 5.75 Å². The normalized spacial score (nSPS) is 10.7.